The van der Waals surface area contributed by atoms with Gasteiger partial charge in [-0.3, -0.25) is 4.79 Å². The lowest BCUT2D eigenvalue weighted by Crippen LogP contribution is -2.25. The summed E-state index contributed by atoms with van der Waals surface area (Å²) >= 11 is 1.60. The molecule has 1 heterocycles. The van der Waals surface area contributed by atoms with Crippen molar-refractivity contribution in [1.82, 2.24) is 0 Å². The van der Waals surface area contributed by atoms with Crippen LogP contribution in [-0.4, -0.2) is 18.2 Å². The molecule has 1 N–H and O–H groups in total. The molecule has 0 aliphatic heterocycles. The van der Waals surface area contributed by atoms with E-state index in [0.29, 0.717) is 6.42 Å². The number of thiophene rings is 1. The Bertz CT molecular complexity index is 584. The highest BCUT2D eigenvalue weighted by Gasteiger charge is 2.28. The Morgan fingerprint density at radius 1 is 1.44 bits per heavy atom. The second-order valence-corrected chi connectivity index (χ2v) is 6.09. The van der Waals surface area contributed by atoms with E-state index in [4.69, 9.17) is 9.84 Å². The minimum atomic E-state index is -0.771. The number of hydrogen-bond acceptors (Lipinski definition) is 3. The highest BCUT2D eigenvalue weighted by Crippen LogP contribution is 2.36. The molecule has 2 aromatic rings. The molecule has 1 aromatic heterocycles. The maximum Gasteiger partial charge on any atom is 0.309 e. The van der Waals surface area contributed by atoms with Gasteiger partial charge < -0.3 is 9.84 Å². The third-order valence-corrected chi connectivity index (χ3v) is 4.14. The van der Waals surface area contributed by atoms with Crippen molar-refractivity contribution in [3.63, 3.8) is 0 Å². The van der Waals surface area contributed by atoms with Crippen LogP contribution in [0.3, 0.4) is 0 Å². The highest BCUT2D eigenvalue weighted by atomic mass is 32.1. The van der Waals surface area contributed by atoms with Gasteiger partial charge in [0.2, 0.25) is 0 Å². The number of aliphatic carboxylic acids is 1. The standard InChI is InChI=1S/C14H16O3S/c1-14(2,13(15)16)8-10-7-9-5-4-6-11(17-3)12(9)18-10/h4-7H,8H2,1-3H3,(H,15,16). The molecule has 0 amide bonds. The van der Waals surface area contributed by atoms with Gasteiger partial charge in [0.1, 0.15) is 5.75 Å². The maximum atomic E-state index is 11.1. The van der Waals surface area contributed by atoms with Crippen LogP contribution in [0.2, 0.25) is 0 Å². The first-order chi connectivity index (χ1) is 8.44. The van der Waals surface area contributed by atoms with Crippen molar-refractivity contribution >= 4 is 27.4 Å². The van der Waals surface area contributed by atoms with E-state index in [9.17, 15) is 4.79 Å². The summed E-state index contributed by atoms with van der Waals surface area (Å²) in [7, 11) is 1.65. The Balaban J connectivity index is 2.39. The molecule has 0 unspecified atom stereocenters. The van der Waals surface area contributed by atoms with Gasteiger partial charge in [-0.15, -0.1) is 11.3 Å². The quantitative estimate of drug-likeness (QED) is 0.918. The normalized spacial score (nSPS) is 11.7. The third-order valence-electron chi connectivity index (χ3n) is 2.97. The number of benzene rings is 1. The predicted molar refractivity (Wildman–Crippen MR) is 73.5 cm³/mol. The average molecular weight is 264 g/mol. The van der Waals surface area contributed by atoms with Crippen LogP contribution >= 0.6 is 11.3 Å². The number of fused-ring (bicyclic) bond motifs is 1. The fourth-order valence-electron chi connectivity index (χ4n) is 1.85. The molecule has 0 spiro atoms. The van der Waals surface area contributed by atoms with Crippen LogP contribution in [-0.2, 0) is 11.2 Å². The van der Waals surface area contributed by atoms with Gasteiger partial charge in [0.15, 0.2) is 0 Å². The fraction of sp³-hybridized carbons (Fsp3) is 0.357. The largest absolute Gasteiger partial charge is 0.495 e. The number of carbonyl (C=O) groups is 1. The van der Waals surface area contributed by atoms with E-state index >= 15 is 0 Å². The van der Waals surface area contributed by atoms with Crippen molar-refractivity contribution < 1.29 is 14.6 Å². The van der Waals surface area contributed by atoms with Crippen LogP contribution in [0.5, 0.6) is 5.75 Å². The second kappa shape index (κ2) is 4.61. The van der Waals surface area contributed by atoms with Crippen LogP contribution in [0, 0.1) is 5.41 Å². The first-order valence-electron chi connectivity index (χ1n) is 5.73. The van der Waals surface area contributed by atoms with E-state index in [1.807, 2.05) is 24.3 Å². The molecule has 4 heteroatoms. The predicted octanol–water partition coefficient (Wildman–Crippen LogP) is 3.56. The third kappa shape index (κ3) is 2.34. The number of carboxylic acid groups (broad SMARTS) is 1. The molecular formula is C14H16O3S. The number of rotatable bonds is 4. The number of methoxy groups -OCH3 is 1. The van der Waals surface area contributed by atoms with Gasteiger partial charge in [-0.05, 0) is 37.8 Å². The summed E-state index contributed by atoms with van der Waals surface area (Å²) in [6, 6.07) is 7.93. The molecule has 0 aliphatic carbocycles. The average Bonchev–Trinajstić information content (AvgIpc) is 2.69. The second-order valence-electron chi connectivity index (χ2n) is 4.96. The molecule has 96 valence electrons. The van der Waals surface area contributed by atoms with Gasteiger partial charge in [-0.1, -0.05) is 12.1 Å². The molecular weight excluding hydrogens is 248 g/mol. The first-order valence-corrected chi connectivity index (χ1v) is 6.54. The lowest BCUT2D eigenvalue weighted by Gasteiger charge is -2.17. The van der Waals surface area contributed by atoms with Crippen molar-refractivity contribution in [2.75, 3.05) is 7.11 Å². The molecule has 0 atom stereocenters. The minimum Gasteiger partial charge on any atom is -0.495 e. The Kier molecular flexibility index (Phi) is 3.30. The van der Waals surface area contributed by atoms with E-state index in [1.165, 1.54) is 0 Å². The van der Waals surface area contributed by atoms with E-state index in [1.54, 1.807) is 32.3 Å². The lowest BCUT2D eigenvalue weighted by molar-refractivity contribution is -0.146. The molecule has 18 heavy (non-hydrogen) atoms. The Labute approximate surface area is 110 Å². The topological polar surface area (TPSA) is 46.5 Å². The van der Waals surface area contributed by atoms with Crippen LogP contribution in [0.25, 0.3) is 10.1 Å². The van der Waals surface area contributed by atoms with Crippen LogP contribution < -0.4 is 4.74 Å². The number of ether oxygens (including phenoxy) is 1. The minimum absolute atomic E-state index is 0.533. The first kappa shape index (κ1) is 12.9. The Morgan fingerprint density at radius 3 is 2.78 bits per heavy atom. The molecule has 1 aromatic carbocycles. The van der Waals surface area contributed by atoms with Gasteiger partial charge in [-0.2, -0.15) is 0 Å². The molecule has 0 saturated heterocycles. The van der Waals surface area contributed by atoms with E-state index < -0.39 is 11.4 Å². The van der Waals surface area contributed by atoms with Gasteiger partial charge in [-0.25, -0.2) is 0 Å². The van der Waals surface area contributed by atoms with Crippen molar-refractivity contribution in [3.05, 3.63) is 29.1 Å². The van der Waals surface area contributed by atoms with Gasteiger partial charge in [0, 0.05) is 4.88 Å². The Morgan fingerprint density at radius 2 is 2.17 bits per heavy atom. The molecule has 0 saturated carbocycles. The van der Waals surface area contributed by atoms with Crippen molar-refractivity contribution in [3.8, 4) is 5.75 Å². The summed E-state index contributed by atoms with van der Waals surface area (Å²) in [5.74, 6) is 0.0730. The van der Waals surface area contributed by atoms with Crippen LogP contribution in [0.15, 0.2) is 24.3 Å². The van der Waals surface area contributed by atoms with Gasteiger partial charge >= 0.3 is 5.97 Å². The Hall–Kier alpha value is -1.55. The summed E-state index contributed by atoms with van der Waals surface area (Å²) in [6.07, 6.45) is 0.533. The zero-order valence-corrected chi connectivity index (χ0v) is 11.5. The van der Waals surface area contributed by atoms with E-state index in [0.717, 1.165) is 20.7 Å². The zero-order valence-electron chi connectivity index (χ0n) is 10.7. The van der Waals surface area contributed by atoms with Gasteiger partial charge in [0.05, 0.1) is 17.2 Å². The van der Waals surface area contributed by atoms with Crippen molar-refractivity contribution in [2.45, 2.75) is 20.3 Å². The van der Waals surface area contributed by atoms with Gasteiger partial charge in [0.25, 0.3) is 0 Å². The highest BCUT2D eigenvalue weighted by molar-refractivity contribution is 7.19. The maximum absolute atomic E-state index is 11.1. The monoisotopic (exact) mass is 264 g/mol. The van der Waals surface area contributed by atoms with Crippen molar-refractivity contribution in [2.24, 2.45) is 5.41 Å². The molecule has 0 fully saturated rings. The van der Waals surface area contributed by atoms with Crippen LogP contribution in [0.4, 0.5) is 0 Å². The zero-order chi connectivity index (χ0) is 13.3. The molecule has 2 rings (SSSR count). The summed E-state index contributed by atoms with van der Waals surface area (Å²) in [5, 5.41) is 10.3. The van der Waals surface area contributed by atoms with Crippen molar-refractivity contribution in [1.29, 1.82) is 0 Å². The number of carboxylic acids is 1. The summed E-state index contributed by atoms with van der Waals surface area (Å²) in [6.45, 7) is 3.49. The summed E-state index contributed by atoms with van der Waals surface area (Å²) < 4.78 is 6.39. The molecule has 0 radical (unpaired) electrons. The summed E-state index contributed by atoms with van der Waals surface area (Å²) in [5.41, 5.74) is -0.742. The van der Waals surface area contributed by atoms with E-state index in [-0.39, 0.29) is 0 Å². The smallest absolute Gasteiger partial charge is 0.309 e. The SMILES string of the molecule is COc1cccc2cc(CC(C)(C)C(=O)O)sc12. The summed E-state index contributed by atoms with van der Waals surface area (Å²) in [4.78, 5) is 12.2. The molecule has 3 nitrogen and oxygen atoms in total. The molecule has 0 aliphatic rings. The molecule has 0 bridgehead atoms. The number of hydrogen-bond donors (Lipinski definition) is 1. The fourth-order valence-corrected chi connectivity index (χ4v) is 3.23. The lowest BCUT2D eigenvalue weighted by atomic mass is 9.89. The van der Waals surface area contributed by atoms with E-state index in [2.05, 4.69) is 0 Å². The van der Waals surface area contributed by atoms with Crippen LogP contribution in [0.1, 0.15) is 18.7 Å².